The summed E-state index contributed by atoms with van der Waals surface area (Å²) in [5.41, 5.74) is 0. The summed E-state index contributed by atoms with van der Waals surface area (Å²) in [6, 6.07) is 0. The monoisotopic (exact) mass is 264 g/mol. The van der Waals surface area contributed by atoms with Crippen LogP contribution in [0.3, 0.4) is 0 Å². The Morgan fingerprint density at radius 2 is 0.750 bits per heavy atom. The Morgan fingerprint density at radius 3 is 0.750 bits per heavy atom. The van der Waals surface area contributed by atoms with Crippen LogP contribution in [0.2, 0.25) is 0 Å². The Kier molecular flexibility index (Phi) is 18.3. The van der Waals surface area contributed by atoms with E-state index in [2.05, 4.69) is 0 Å². The summed E-state index contributed by atoms with van der Waals surface area (Å²) in [6.07, 6.45) is 0. The predicted octanol–water partition coefficient (Wildman–Crippen LogP) is -1.62. The van der Waals surface area contributed by atoms with Gasteiger partial charge < -0.3 is 5.71 Å². The van der Waals surface area contributed by atoms with Crippen molar-refractivity contribution in [2.45, 2.75) is 0 Å². The maximum Gasteiger partial charge on any atom is 2.00 e. The van der Waals surface area contributed by atoms with Crippen LogP contribution in [0.25, 0.3) is 0 Å². The molecular formula is H8CaMgO8S2. The average Bonchev–Trinajstić information content (AvgIpc) is 1.12. The molecule has 0 saturated carbocycles. The fraction of sp³-hybridized carbons (Fsp3) is 0. The molecule has 0 aromatic carbocycles. The van der Waals surface area contributed by atoms with E-state index in [1.165, 1.54) is 0 Å². The van der Waals surface area contributed by atoms with E-state index < -0.39 is 20.8 Å². The van der Waals surface area contributed by atoms with Crippen LogP contribution in [-0.4, -0.2) is 95.8 Å². The smallest absolute Gasteiger partial charge is 1.00 e. The minimum atomic E-state index is -4.67. The summed E-state index contributed by atoms with van der Waals surface area (Å²) < 4.78 is 63.2. The Labute approximate surface area is 121 Å². The van der Waals surface area contributed by atoms with Crippen LogP contribution in [0, 0.1) is 0 Å². The molecule has 0 bridgehead atoms. The van der Waals surface area contributed by atoms with Crippen LogP contribution in [0.4, 0.5) is 0 Å². The summed E-state index contributed by atoms with van der Waals surface area (Å²) in [6.45, 7) is 0. The van der Waals surface area contributed by atoms with E-state index in [-0.39, 0.29) is 66.5 Å². The molecule has 0 fully saturated rings. The third-order valence-electron chi connectivity index (χ3n) is 0. The standard InChI is InChI=1S/Ca.Mg.2H2O4S.4H/c;;2*1-5(2,3)4;;;;/h;;2*(H2,1,2,3,4);;;;/q2*+2;;;4*-1. The van der Waals surface area contributed by atoms with Crippen LogP contribution in [0.1, 0.15) is 5.71 Å². The van der Waals surface area contributed by atoms with Gasteiger partial charge in [0.15, 0.2) is 0 Å². The Bertz CT molecular complexity index is 226. The van der Waals surface area contributed by atoms with Gasteiger partial charge in [-0.1, -0.05) is 0 Å². The molecule has 0 amide bonds. The van der Waals surface area contributed by atoms with Crippen LogP contribution < -0.4 is 0 Å². The second-order valence-corrected chi connectivity index (χ2v) is 2.69. The summed E-state index contributed by atoms with van der Waals surface area (Å²) in [4.78, 5) is 0. The van der Waals surface area contributed by atoms with Gasteiger partial charge in [0.05, 0.1) is 0 Å². The number of hydrogen-bond acceptors (Lipinski definition) is 4. The molecule has 0 aliphatic rings. The molecule has 0 aliphatic heterocycles. The quantitative estimate of drug-likeness (QED) is 0.301. The fourth-order valence-corrected chi connectivity index (χ4v) is 0. The molecule has 0 unspecified atom stereocenters. The van der Waals surface area contributed by atoms with Crippen LogP contribution in [-0.2, 0) is 20.8 Å². The van der Waals surface area contributed by atoms with E-state index in [1.807, 2.05) is 0 Å². The van der Waals surface area contributed by atoms with E-state index in [0.29, 0.717) is 0 Å². The van der Waals surface area contributed by atoms with Gasteiger partial charge in [-0.2, -0.15) is 16.8 Å². The van der Waals surface area contributed by atoms with Crippen molar-refractivity contribution >= 4 is 81.6 Å². The first kappa shape index (κ1) is 23.5. The van der Waals surface area contributed by atoms with E-state index >= 15 is 0 Å². The molecule has 8 nitrogen and oxygen atoms in total. The fourth-order valence-electron chi connectivity index (χ4n) is 0. The summed E-state index contributed by atoms with van der Waals surface area (Å²) in [5, 5.41) is 0. The van der Waals surface area contributed by atoms with Crippen molar-refractivity contribution in [2.24, 2.45) is 0 Å². The van der Waals surface area contributed by atoms with Gasteiger partial charge >= 0.3 is 81.6 Å². The largest absolute Gasteiger partial charge is 2.00 e. The molecule has 0 heterocycles. The molecule has 12 heteroatoms. The summed E-state index contributed by atoms with van der Waals surface area (Å²) in [7, 11) is -9.33. The molecule has 0 atom stereocenters. The van der Waals surface area contributed by atoms with Crippen LogP contribution in [0.5, 0.6) is 0 Å². The van der Waals surface area contributed by atoms with E-state index in [9.17, 15) is 0 Å². The van der Waals surface area contributed by atoms with Gasteiger partial charge in [-0.05, 0) is 0 Å². The zero-order valence-electron chi connectivity index (χ0n) is 9.65. The molecule has 0 saturated heterocycles. The second-order valence-electron chi connectivity index (χ2n) is 0.896. The molecular weight excluding hydrogens is 257 g/mol. The molecule has 4 N–H and O–H groups in total. The first-order chi connectivity index (χ1) is 4.00. The SMILES string of the molecule is O=S(=O)(O)O.O=S(=O)(O)O.[Ca+2].[H-].[H-].[H-].[H-].[Mg+2]. The Hall–Kier alpha value is 1.77. The molecule has 0 spiro atoms. The molecule has 72 valence electrons. The van der Waals surface area contributed by atoms with Crippen molar-refractivity contribution < 1.29 is 40.8 Å². The molecule has 0 aromatic rings. The number of hydrogen-bond donors (Lipinski definition) is 4. The van der Waals surface area contributed by atoms with Gasteiger partial charge in [0.1, 0.15) is 0 Å². The topological polar surface area (TPSA) is 149 Å². The Morgan fingerprint density at radius 1 is 0.750 bits per heavy atom. The second kappa shape index (κ2) is 9.33. The third kappa shape index (κ3) is 437. The molecule has 0 aliphatic carbocycles. The van der Waals surface area contributed by atoms with Crippen molar-refractivity contribution in [3.8, 4) is 0 Å². The maximum absolute atomic E-state index is 8.74. The van der Waals surface area contributed by atoms with E-state index in [1.54, 1.807) is 0 Å². The maximum atomic E-state index is 8.74. The van der Waals surface area contributed by atoms with Gasteiger partial charge in [-0.15, -0.1) is 0 Å². The minimum absolute atomic E-state index is 0. The van der Waals surface area contributed by atoms with Crippen LogP contribution >= 0.6 is 0 Å². The third-order valence-corrected chi connectivity index (χ3v) is 0. The average molecular weight is 265 g/mol. The van der Waals surface area contributed by atoms with Gasteiger partial charge in [0.2, 0.25) is 0 Å². The molecule has 0 rings (SSSR count). The normalized spacial score (nSPS) is 9.67. The summed E-state index contributed by atoms with van der Waals surface area (Å²) in [5.74, 6) is 0. The van der Waals surface area contributed by atoms with E-state index in [0.717, 1.165) is 0 Å². The van der Waals surface area contributed by atoms with Gasteiger partial charge in [0.25, 0.3) is 0 Å². The Balaban J connectivity index is -0.00000000970. The summed E-state index contributed by atoms with van der Waals surface area (Å²) >= 11 is 0. The number of rotatable bonds is 0. The van der Waals surface area contributed by atoms with Crippen molar-refractivity contribution in [3.05, 3.63) is 0 Å². The zero-order chi connectivity index (χ0) is 9.00. The van der Waals surface area contributed by atoms with Crippen molar-refractivity contribution in [3.63, 3.8) is 0 Å². The van der Waals surface area contributed by atoms with Crippen molar-refractivity contribution in [2.75, 3.05) is 0 Å². The first-order valence-corrected chi connectivity index (χ1v) is 4.19. The molecule has 0 aromatic heterocycles. The molecule has 12 heavy (non-hydrogen) atoms. The van der Waals surface area contributed by atoms with E-state index in [4.69, 9.17) is 35.0 Å². The van der Waals surface area contributed by atoms with Gasteiger partial charge in [0, 0.05) is 0 Å². The minimum Gasteiger partial charge on any atom is -1.00 e. The van der Waals surface area contributed by atoms with Crippen LogP contribution in [0.15, 0.2) is 0 Å². The first-order valence-electron chi connectivity index (χ1n) is 1.40. The van der Waals surface area contributed by atoms with Crippen molar-refractivity contribution in [1.82, 2.24) is 0 Å². The predicted molar refractivity (Wildman–Crippen MR) is 44.3 cm³/mol. The van der Waals surface area contributed by atoms with Crippen molar-refractivity contribution in [1.29, 1.82) is 0 Å². The van der Waals surface area contributed by atoms with Gasteiger partial charge in [-0.25, -0.2) is 0 Å². The zero-order valence-corrected chi connectivity index (χ0v) is 10.9. The van der Waals surface area contributed by atoms with Gasteiger partial charge in [-0.3, -0.25) is 18.2 Å². The molecule has 0 radical (unpaired) electrons.